The van der Waals surface area contributed by atoms with Crippen LogP contribution in [-0.4, -0.2) is 20.7 Å². The fourth-order valence-corrected chi connectivity index (χ4v) is 2.14. The summed E-state index contributed by atoms with van der Waals surface area (Å²) >= 11 is 6.03. The minimum absolute atomic E-state index is 0.0792. The van der Waals surface area contributed by atoms with Gasteiger partial charge in [0.15, 0.2) is 6.73 Å². The highest BCUT2D eigenvalue weighted by molar-refractivity contribution is 6.32. The molecule has 116 valence electrons. The molecule has 0 fully saturated rings. The van der Waals surface area contributed by atoms with Crippen LogP contribution in [-0.2, 0) is 6.73 Å². The van der Waals surface area contributed by atoms with Crippen molar-refractivity contribution in [3.05, 3.63) is 71.8 Å². The molecule has 23 heavy (non-hydrogen) atoms. The summed E-state index contributed by atoms with van der Waals surface area (Å²) in [5.41, 5.74) is 1.04. The second kappa shape index (κ2) is 6.93. The molecule has 0 saturated heterocycles. The SMILES string of the molecule is O=C(Nc1ccncc1)c1ccnn1COc1ccccc1Cl. The predicted molar refractivity (Wildman–Crippen MR) is 86.5 cm³/mol. The molecule has 0 radical (unpaired) electrons. The van der Waals surface area contributed by atoms with Gasteiger partial charge in [0.25, 0.3) is 5.91 Å². The van der Waals surface area contributed by atoms with Gasteiger partial charge < -0.3 is 10.1 Å². The molecule has 0 spiro atoms. The van der Waals surface area contributed by atoms with E-state index in [1.54, 1.807) is 42.7 Å². The maximum atomic E-state index is 12.3. The summed E-state index contributed by atoms with van der Waals surface area (Å²) in [4.78, 5) is 16.2. The second-order valence-corrected chi connectivity index (χ2v) is 5.02. The Morgan fingerprint density at radius 3 is 2.70 bits per heavy atom. The van der Waals surface area contributed by atoms with E-state index in [9.17, 15) is 4.79 Å². The van der Waals surface area contributed by atoms with Gasteiger partial charge in [-0.1, -0.05) is 23.7 Å². The smallest absolute Gasteiger partial charge is 0.274 e. The van der Waals surface area contributed by atoms with Gasteiger partial charge in [0, 0.05) is 24.3 Å². The summed E-state index contributed by atoms with van der Waals surface area (Å²) in [6.07, 6.45) is 4.75. The first kappa shape index (κ1) is 15.1. The van der Waals surface area contributed by atoms with E-state index in [4.69, 9.17) is 16.3 Å². The Hall–Kier alpha value is -2.86. The standard InChI is InChI=1S/C16H13ClN4O2/c17-13-3-1-2-4-15(13)23-11-21-14(7-10-19-21)16(22)20-12-5-8-18-9-6-12/h1-10H,11H2,(H,18,20,22). The fourth-order valence-electron chi connectivity index (χ4n) is 1.95. The zero-order valence-electron chi connectivity index (χ0n) is 12.0. The molecule has 6 nitrogen and oxygen atoms in total. The molecule has 3 rings (SSSR count). The zero-order valence-corrected chi connectivity index (χ0v) is 12.8. The summed E-state index contributed by atoms with van der Waals surface area (Å²) in [6, 6.07) is 12.2. The maximum absolute atomic E-state index is 12.3. The average Bonchev–Trinajstić information content (AvgIpc) is 3.04. The lowest BCUT2D eigenvalue weighted by atomic mass is 10.3. The molecule has 3 aromatic rings. The largest absolute Gasteiger partial charge is 0.470 e. The van der Waals surface area contributed by atoms with Crippen LogP contribution in [0, 0.1) is 0 Å². The molecule has 2 heterocycles. The third-order valence-corrected chi connectivity index (χ3v) is 3.38. The monoisotopic (exact) mass is 328 g/mol. The number of halogens is 1. The zero-order chi connectivity index (χ0) is 16.1. The number of para-hydroxylation sites is 1. The Balaban J connectivity index is 1.70. The number of pyridine rings is 1. The molecular formula is C16H13ClN4O2. The van der Waals surface area contributed by atoms with Gasteiger partial charge in [-0.05, 0) is 30.3 Å². The molecule has 0 aliphatic rings. The Morgan fingerprint density at radius 2 is 1.91 bits per heavy atom. The number of benzene rings is 1. The molecule has 1 aromatic carbocycles. The number of hydrogen-bond acceptors (Lipinski definition) is 4. The van der Waals surface area contributed by atoms with Crippen LogP contribution in [0.2, 0.25) is 5.02 Å². The van der Waals surface area contributed by atoms with E-state index in [1.165, 1.54) is 10.9 Å². The van der Waals surface area contributed by atoms with E-state index in [0.717, 1.165) is 0 Å². The Bertz CT molecular complexity index is 805. The maximum Gasteiger partial charge on any atom is 0.274 e. The normalized spacial score (nSPS) is 10.3. The second-order valence-electron chi connectivity index (χ2n) is 4.61. The van der Waals surface area contributed by atoms with Crippen molar-refractivity contribution >= 4 is 23.2 Å². The van der Waals surface area contributed by atoms with Gasteiger partial charge in [-0.15, -0.1) is 0 Å². The van der Waals surface area contributed by atoms with Crippen LogP contribution in [0.25, 0.3) is 0 Å². The van der Waals surface area contributed by atoms with E-state index >= 15 is 0 Å². The van der Waals surface area contributed by atoms with Crippen LogP contribution in [0.3, 0.4) is 0 Å². The van der Waals surface area contributed by atoms with Crippen molar-refractivity contribution in [2.24, 2.45) is 0 Å². The number of nitrogens with one attached hydrogen (secondary N) is 1. The highest BCUT2D eigenvalue weighted by Crippen LogP contribution is 2.23. The summed E-state index contributed by atoms with van der Waals surface area (Å²) in [6.45, 7) is 0.0792. The van der Waals surface area contributed by atoms with E-state index < -0.39 is 0 Å². The van der Waals surface area contributed by atoms with Gasteiger partial charge in [0.1, 0.15) is 11.4 Å². The number of carbonyl (C=O) groups is 1. The van der Waals surface area contributed by atoms with Crippen molar-refractivity contribution in [3.8, 4) is 5.75 Å². The van der Waals surface area contributed by atoms with Crippen molar-refractivity contribution in [3.63, 3.8) is 0 Å². The summed E-state index contributed by atoms with van der Waals surface area (Å²) in [7, 11) is 0. The van der Waals surface area contributed by atoms with Gasteiger partial charge in [-0.2, -0.15) is 5.10 Å². The summed E-state index contributed by atoms with van der Waals surface area (Å²) in [5, 5.41) is 7.37. The molecule has 0 unspecified atom stereocenters. The molecular weight excluding hydrogens is 316 g/mol. The van der Waals surface area contributed by atoms with Crippen LogP contribution < -0.4 is 10.1 Å². The lowest BCUT2D eigenvalue weighted by Crippen LogP contribution is -2.19. The van der Waals surface area contributed by atoms with Crippen molar-refractivity contribution < 1.29 is 9.53 Å². The van der Waals surface area contributed by atoms with E-state index in [2.05, 4.69) is 15.4 Å². The quantitative estimate of drug-likeness (QED) is 0.780. The van der Waals surface area contributed by atoms with Gasteiger partial charge in [-0.3, -0.25) is 9.78 Å². The van der Waals surface area contributed by atoms with Crippen LogP contribution in [0.15, 0.2) is 61.1 Å². The van der Waals surface area contributed by atoms with Crippen LogP contribution >= 0.6 is 11.6 Å². The van der Waals surface area contributed by atoms with Crippen molar-refractivity contribution in [2.45, 2.75) is 6.73 Å². The van der Waals surface area contributed by atoms with E-state index in [-0.39, 0.29) is 12.6 Å². The number of carbonyl (C=O) groups excluding carboxylic acids is 1. The summed E-state index contributed by atoms with van der Waals surface area (Å²) < 4.78 is 7.06. The number of ether oxygens (including phenoxy) is 1. The lowest BCUT2D eigenvalue weighted by molar-refractivity contribution is 0.100. The van der Waals surface area contributed by atoms with Gasteiger partial charge >= 0.3 is 0 Å². The Labute approximate surface area is 137 Å². The molecule has 1 amide bonds. The third-order valence-electron chi connectivity index (χ3n) is 3.07. The predicted octanol–water partition coefficient (Wildman–Crippen LogP) is 3.22. The number of rotatable bonds is 5. The minimum Gasteiger partial charge on any atom is -0.470 e. The Kier molecular flexibility index (Phi) is 4.54. The Morgan fingerprint density at radius 1 is 1.13 bits per heavy atom. The van der Waals surface area contributed by atoms with Gasteiger partial charge in [0.05, 0.1) is 5.02 Å². The number of nitrogens with zero attached hydrogens (tertiary/aromatic N) is 3. The topological polar surface area (TPSA) is 69.0 Å². The molecule has 2 aromatic heterocycles. The number of amides is 1. The lowest BCUT2D eigenvalue weighted by Gasteiger charge is -2.10. The van der Waals surface area contributed by atoms with Crippen LogP contribution in [0.5, 0.6) is 5.75 Å². The number of anilines is 1. The van der Waals surface area contributed by atoms with E-state index in [0.29, 0.717) is 22.2 Å². The van der Waals surface area contributed by atoms with Crippen molar-refractivity contribution in [2.75, 3.05) is 5.32 Å². The van der Waals surface area contributed by atoms with Crippen LogP contribution in [0.1, 0.15) is 10.5 Å². The highest BCUT2D eigenvalue weighted by atomic mass is 35.5. The third kappa shape index (κ3) is 3.67. The van der Waals surface area contributed by atoms with E-state index in [1.807, 2.05) is 12.1 Å². The molecule has 0 aliphatic carbocycles. The molecule has 1 N–H and O–H groups in total. The molecule has 0 bridgehead atoms. The fraction of sp³-hybridized carbons (Fsp3) is 0.0625. The van der Waals surface area contributed by atoms with Gasteiger partial charge in [0.2, 0.25) is 0 Å². The first-order valence-corrected chi connectivity index (χ1v) is 7.22. The van der Waals surface area contributed by atoms with Gasteiger partial charge in [-0.25, -0.2) is 4.68 Å². The number of aromatic nitrogens is 3. The minimum atomic E-state index is -0.281. The molecule has 0 aliphatic heterocycles. The van der Waals surface area contributed by atoms with Crippen LogP contribution in [0.4, 0.5) is 5.69 Å². The molecule has 7 heteroatoms. The van der Waals surface area contributed by atoms with Crippen molar-refractivity contribution in [1.82, 2.24) is 14.8 Å². The van der Waals surface area contributed by atoms with Crippen molar-refractivity contribution in [1.29, 1.82) is 0 Å². The summed E-state index contributed by atoms with van der Waals surface area (Å²) in [5.74, 6) is 0.251. The number of hydrogen-bond donors (Lipinski definition) is 1. The highest BCUT2D eigenvalue weighted by Gasteiger charge is 2.13. The molecule has 0 saturated carbocycles. The average molecular weight is 329 g/mol. The first-order valence-electron chi connectivity index (χ1n) is 6.84. The first-order chi connectivity index (χ1) is 11.2. The molecule has 0 atom stereocenters.